The lowest BCUT2D eigenvalue weighted by Gasteiger charge is -2.36. The second-order valence-electron chi connectivity index (χ2n) is 9.82. The van der Waals surface area contributed by atoms with Gasteiger partial charge in [-0.15, -0.1) is 0 Å². The number of nitrogens with one attached hydrogen (secondary N) is 1. The third-order valence-corrected chi connectivity index (χ3v) is 8.05. The van der Waals surface area contributed by atoms with Crippen LogP contribution < -0.4 is 15.1 Å². The van der Waals surface area contributed by atoms with Crippen LogP contribution in [0, 0.1) is 11.8 Å². The third-order valence-electron chi connectivity index (χ3n) is 7.80. The smallest absolute Gasteiger partial charge is 0.247 e. The molecule has 3 aliphatic heterocycles. The highest BCUT2D eigenvalue weighted by Crippen LogP contribution is 2.50. The molecular weight excluding hydrogens is 498 g/mol. The van der Waals surface area contributed by atoms with Crippen molar-refractivity contribution in [1.29, 1.82) is 0 Å². The minimum absolute atomic E-state index is 0.280. The van der Waals surface area contributed by atoms with Crippen molar-refractivity contribution < 1.29 is 14.4 Å². The number of rotatable bonds is 3. The molecule has 1 N–H and O–H groups in total. The molecule has 0 aliphatic carbocycles. The molecule has 2 fully saturated rings. The van der Waals surface area contributed by atoms with Crippen LogP contribution in [0.2, 0.25) is 5.02 Å². The van der Waals surface area contributed by atoms with Crippen LogP contribution in [0.25, 0.3) is 16.8 Å². The first-order valence-corrected chi connectivity index (χ1v) is 12.9. The standard InChI is InChI=1S/C31H22ClN3O3/c32-20-13-15-21(16-14-20)33-29(36)28-27-26(25-17-12-19-7-2-4-10-23(19)34(25)28)30(37)35(31(27)38)24-11-5-8-18-6-1-3-9-22(18)24/h1-17,25-28H,(H,33,36). The number of para-hydroxylation sites is 1. The maximum absolute atomic E-state index is 14.2. The molecular formula is C31H22ClN3O3. The van der Waals surface area contributed by atoms with Gasteiger partial charge in [0.05, 0.1) is 23.6 Å². The van der Waals surface area contributed by atoms with Crippen LogP contribution in [0.3, 0.4) is 0 Å². The van der Waals surface area contributed by atoms with E-state index < -0.39 is 23.9 Å². The molecule has 7 heteroatoms. The maximum atomic E-state index is 14.2. The van der Waals surface area contributed by atoms with E-state index in [4.69, 9.17) is 11.6 Å². The Morgan fingerprint density at radius 3 is 2.29 bits per heavy atom. The molecule has 4 atom stereocenters. The molecule has 3 aliphatic rings. The Morgan fingerprint density at radius 1 is 0.763 bits per heavy atom. The first-order chi connectivity index (χ1) is 18.5. The number of imide groups is 1. The highest BCUT2D eigenvalue weighted by molar-refractivity contribution is 6.30. The number of amides is 3. The van der Waals surface area contributed by atoms with Gasteiger partial charge < -0.3 is 10.2 Å². The molecule has 0 bridgehead atoms. The Hall–Kier alpha value is -4.42. The van der Waals surface area contributed by atoms with Gasteiger partial charge in [-0.3, -0.25) is 14.4 Å². The summed E-state index contributed by atoms with van der Waals surface area (Å²) in [5, 5.41) is 5.28. The predicted octanol–water partition coefficient (Wildman–Crippen LogP) is 5.52. The molecule has 0 radical (unpaired) electrons. The average Bonchev–Trinajstić information content (AvgIpc) is 3.42. The van der Waals surface area contributed by atoms with Crippen molar-refractivity contribution in [1.82, 2.24) is 0 Å². The lowest BCUT2D eigenvalue weighted by Crippen LogP contribution is -2.50. The van der Waals surface area contributed by atoms with E-state index in [2.05, 4.69) is 5.32 Å². The lowest BCUT2D eigenvalue weighted by molar-refractivity contribution is -0.126. The fraction of sp³-hybridized carbons (Fsp3) is 0.129. The van der Waals surface area contributed by atoms with E-state index in [1.807, 2.05) is 77.7 Å². The lowest BCUT2D eigenvalue weighted by atomic mass is 9.88. The average molecular weight is 520 g/mol. The van der Waals surface area contributed by atoms with Gasteiger partial charge in [-0.2, -0.15) is 0 Å². The number of anilines is 3. The molecule has 6 nitrogen and oxygen atoms in total. The number of hydrogen-bond donors (Lipinski definition) is 1. The summed E-state index contributed by atoms with van der Waals surface area (Å²) < 4.78 is 0. The fourth-order valence-electron chi connectivity index (χ4n) is 6.20. The molecule has 186 valence electrons. The largest absolute Gasteiger partial charge is 0.351 e. The molecule has 4 unspecified atom stereocenters. The maximum Gasteiger partial charge on any atom is 0.247 e. The topological polar surface area (TPSA) is 69.7 Å². The quantitative estimate of drug-likeness (QED) is 0.362. The van der Waals surface area contributed by atoms with Crippen molar-refractivity contribution in [2.24, 2.45) is 11.8 Å². The van der Waals surface area contributed by atoms with Gasteiger partial charge in [0.2, 0.25) is 17.7 Å². The van der Waals surface area contributed by atoms with Gasteiger partial charge in [0.1, 0.15) is 6.04 Å². The summed E-state index contributed by atoms with van der Waals surface area (Å²) in [6.07, 6.45) is 3.93. The van der Waals surface area contributed by atoms with Crippen LogP contribution in [0.1, 0.15) is 5.56 Å². The second-order valence-corrected chi connectivity index (χ2v) is 10.3. The molecule has 4 aromatic carbocycles. The Morgan fingerprint density at radius 2 is 1.45 bits per heavy atom. The van der Waals surface area contributed by atoms with Crippen LogP contribution >= 0.6 is 11.6 Å². The van der Waals surface area contributed by atoms with Crippen molar-refractivity contribution in [2.45, 2.75) is 12.1 Å². The molecule has 0 saturated carbocycles. The highest BCUT2D eigenvalue weighted by atomic mass is 35.5. The molecule has 38 heavy (non-hydrogen) atoms. The van der Waals surface area contributed by atoms with Gasteiger partial charge in [0.25, 0.3) is 0 Å². The summed E-state index contributed by atoms with van der Waals surface area (Å²) in [5.74, 6) is -2.50. The van der Waals surface area contributed by atoms with E-state index in [1.54, 1.807) is 30.3 Å². The first-order valence-electron chi connectivity index (χ1n) is 12.5. The van der Waals surface area contributed by atoms with Crippen LogP contribution in [0.15, 0.2) is 97.1 Å². The zero-order valence-corrected chi connectivity index (χ0v) is 20.9. The van der Waals surface area contributed by atoms with E-state index in [-0.39, 0.29) is 17.7 Å². The van der Waals surface area contributed by atoms with E-state index in [0.717, 1.165) is 22.0 Å². The van der Waals surface area contributed by atoms with Crippen LogP contribution in [0.5, 0.6) is 0 Å². The Balaban J connectivity index is 1.34. The van der Waals surface area contributed by atoms with Crippen molar-refractivity contribution >= 4 is 63.2 Å². The van der Waals surface area contributed by atoms with Gasteiger partial charge in [-0.1, -0.05) is 78.4 Å². The molecule has 2 saturated heterocycles. The third kappa shape index (κ3) is 3.30. The van der Waals surface area contributed by atoms with E-state index >= 15 is 0 Å². The predicted molar refractivity (Wildman–Crippen MR) is 149 cm³/mol. The fourth-order valence-corrected chi connectivity index (χ4v) is 6.33. The van der Waals surface area contributed by atoms with Crippen molar-refractivity contribution in [3.63, 3.8) is 0 Å². The summed E-state index contributed by atoms with van der Waals surface area (Å²) in [7, 11) is 0. The van der Waals surface area contributed by atoms with Gasteiger partial charge in [0, 0.05) is 21.8 Å². The summed E-state index contributed by atoms with van der Waals surface area (Å²) in [5.41, 5.74) is 2.90. The number of fused-ring (bicyclic) bond motifs is 6. The summed E-state index contributed by atoms with van der Waals surface area (Å²) in [6, 6.07) is 26.6. The van der Waals surface area contributed by atoms with Crippen LogP contribution in [0.4, 0.5) is 17.1 Å². The monoisotopic (exact) mass is 519 g/mol. The summed E-state index contributed by atoms with van der Waals surface area (Å²) in [6.45, 7) is 0. The van der Waals surface area contributed by atoms with Crippen molar-refractivity contribution in [3.8, 4) is 0 Å². The van der Waals surface area contributed by atoms with E-state index in [9.17, 15) is 14.4 Å². The molecule has 4 aromatic rings. The number of hydrogen-bond acceptors (Lipinski definition) is 4. The first kappa shape index (κ1) is 22.8. The molecule has 3 heterocycles. The Labute approximate surface area is 224 Å². The summed E-state index contributed by atoms with van der Waals surface area (Å²) in [4.78, 5) is 45.4. The van der Waals surface area contributed by atoms with Gasteiger partial charge in [-0.05, 0) is 47.3 Å². The normalized spacial score (nSPS) is 23.4. The molecule has 7 rings (SSSR count). The number of benzene rings is 4. The highest BCUT2D eigenvalue weighted by Gasteiger charge is 2.64. The molecule has 0 aromatic heterocycles. The number of carbonyl (C=O) groups excluding carboxylic acids is 3. The van der Waals surface area contributed by atoms with Gasteiger partial charge >= 0.3 is 0 Å². The minimum atomic E-state index is -0.872. The van der Waals surface area contributed by atoms with Gasteiger partial charge in [-0.25, -0.2) is 4.90 Å². The zero-order chi connectivity index (χ0) is 26.0. The van der Waals surface area contributed by atoms with E-state index in [0.29, 0.717) is 16.4 Å². The minimum Gasteiger partial charge on any atom is -0.351 e. The van der Waals surface area contributed by atoms with Crippen LogP contribution in [-0.4, -0.2) is 29.8 Å². The zero-order valence-electron chi connectivity index (χ0n) is 20.1. The molecule has 0 spiro atoms. The number of nitrogens with zero attached hydrogens (tertiary/aromatic N) is 2. The number of carbonyl (C=O) groups is 3. The molecule has 3 amide bonds. The van der Waals surface area contributed by atoms with E-state index in [1.165, 1.54) is 4.90 Å². The van der Waals surface area contributed by atoms with Gasteiger partial charge in [0.15, 0.2) is 0 Å². The SMILES string of the molecule is O=C(Nc1ccc(Cl)cc1)C1C2C(=O)N(c3cccc4ccccc34)C(=O)C2C2C=Cc3ccccc3N21. The van der Waals surface area contributed by atoms with Crippen molar-refractivity contribution in [2.75, 3.05) is 15.1 Å². The van der Waals surface area contributed by atoms with Crippen LogP contribution in [-0.2, 0) is 14.4 Å². The second kappa shape index (κ2) is 8.57. The van der Waals surface area contributed by atoms with Crippen molar-refractivity contribution in [3.05, 3.63) is 108 Å². The number of halogens is 1. The summed E-state index contributed by atoms with van der Waals surface area (Å²) >= 11 is 6.03. The Kier molecular flexibility index (Phi) is 5.13. The Bertz CT molecular complexity index is 1660.